The van der Waals surface area contributed by atoms with Crippen molar-refractivity contribution in [2.45, 2.75) is 59.2 Å². The van der Waals surface area contributed by atoms with E-state index in [4.69, 9.17) is 26.8 Å². The number of ether oxygens (including phenoxy) is 2. The summed E-state index contributed by atoms with van der Waals surface area (Å²) in [6, 6.07) is 16.6. The standard InChI is InChI=1S/C35H33ClF3N3O3/c1-19-12-20(2)25(13-21(19)18-45-24-9-7-23(44-5)8-10-24)31-26(17-40)33(41)42(29-15-34(3,4)16-30(43)32(29)31)28-11-6-22(36)14-27(28)35(37,38)39/h6-14,31H,15-16,18,41H2,1-5H3. The number of Topliss-reactive ketones (excluding diaryl/α,β-unsaturated/α-hetero) is 1. The number of rotatable bonds is 6. The number of alkyl halides is 3. The molecule has 1 aliphatic heterocycles. The number of allylic oxidation sites excluding steroid dienone is 3. The largest absolute Gasteiger partial charge is 0.497 e. The van der Waals surface area contributed by atoms with Crippen molar-refractivity contribution >= 4 is 23.1 Å². The molecule has 1 unspecified atom stereocenters. The van der Waals surface area contributed by atoms with Crippen molar-refractivity contribution in [1.82, 2.24) is 0 Å². The topological polar surface area (TPSA) is 88.6 Å². The maximum Gasteiger partial charge on any atom is 0.418 e. The predicted molar refractivity (Wildman–Crippen MR) is 167 cm³/mol. The summed E-state index contributed by atoms with van der Waals surface area (Å²) in [6.45, 7) is 7.81. The maximum absolute atomic E-state index is 14.3. The highest BCUT2D eigenvalue weighted by atomic mass is 35.5. The Morgan fingerprint density at radius 3 is 2.33 bits per heavy atom. The Morgan fingerprint density at radius 2 is 1.71 bits per heavy atom. The van der Waals surface area contributed by atoms with Gasteiger partial charge in [-0.3, -0.25) is 9.69 Å². The first-order valence-corrected chi connectivity index (χ1v) is 14.7. The molecular weight excluding hydrogens is 603 g/mol. The van der Waals surface area contributed by atoms with E-state index in [-0.39, 0.29) is 52.9 Å². The van der Waals surface area contributed by atoms with Gasteiger partial charge < -0.3 is 15.2 Å². The summed E-state index contributed by atoms with van der Waals surface area (Å²) in [4.78, 5) is 15.2. The van der Waals surface area contributed by atoms with E-state index in [0.29, 0.717) is 22.8 Å². The lowest BCUT2D eigenvalue weighted by Crippen LogP contribution is -2.42. The van der Waals surface area contributed by atoms with Crippen molar-refractivity contribution in [3.63, 3.8) is 0 Å². The first-order chi connectivity index (χ1) is 21.1. The molecule has 0 saturated heterocycles. The van der Waals surface area contributed by atoms with Gasteiger partial charge in [-0.1, -0.05) is 37.6 Å². The van der Waals surface area contributed by atoms with Gasteiger partial charge in [0, 0.05) is 22.7 Å². The van der Waals surface area contributed by atoms with Crippen LogP contribution in [0.1, 0.15) is 60.4 Å². The number of benzene rings is 3. The molecule has 5 rings (SSSR count). The fourth-order valence-electron chi connectivity index (χ4n) is 6.24. The number of aryl methyl sites for hydroxylation is 2. The van der Waals surface area contributed by atoms with Crippen LogP contribution in [0.4, 0.5) is 18.9 Å². The van der Waals surface area contributed by atoms with Crippen LogP contribution in [0.5, 0.6) is 11.5 Å². The summed E-state index contributed by atoms with van der Waals surface area (Å²) in [5, 5.41) is 10.4. The van der Waals surface area contributed by atoms with Crippen LogP contribution in [0.3, 0.4) is 0 Å². The first kappa shape index (κ1) is 32.0. The molecule has 6 nitrogen and oxygen atoms in total. The second-order valence-electron chi connectivity index (χ2n) is 12.2. The van der Waals surface area contributed by atoms with Gasteiger partial charge in [0.2, 0.25) is 0 Å². The molecule has 3 aromatic carbocycles. The van der Waals surface area contributed by atoms with Gasteiger partial charge in [0.25, 0.3) is 0 Å². The second kappa shape index (κ2) is 11.8. The van der Waals surface area contributed by atoms with Crippen molar-refractivity contribution in [2.75, 3.05) is 12.0 Å². The van der Waals surface area contributed by atoms with Crippen molar-refractivity contribution in [1.29, 1.82) is 5.26 Å². The van der Waals surface area contributed by atoms with Crippen LogP contribution in [-0.4, -0.2) is 12.9 Å². The third kappa shape index (κ3) is 6.12. The number of hydrogen-bond donors (Lipinski definition) is 1. The molecule has 0 amide bonds. The molecule has 0 bridgehead atoms. The van der Waals surface area contributed by atoms with Crippen LogP contribution in [-0.2, 0) is 17.6 Å². The lowest BCUT2D eigenvalue weighted by Gasteiger charge is -2.44. The molecule has 0 radical (unpaired) electrons. The monoisotopic (exact) mass is 635 g/mol. The molecule has 1 aliphatic carbocycles. The third-order valence-electron chi connectivity index (χ3n) is 8.38. The molecule has 3 aromatic rings. The first-order valence-electron chi connectivity index (χ1n) is 14.3. The number of methoxy groups -OCH3 is 1. The summed E-state index contributed by atoms with van der Waals surface area (Å²) in [6.07, 6.45) is -4.34. The maximum atomic E-state index is 14.3. The summed E-state index contributed by atoms with van der Waals surface area (Å²) in [5.41, 5.74) is 8.67. The number of hydrogen-bond acceptors (Lipinski definition) is 6. The van der Waals surface area contributed by atoms with E-state index < -0.39 is 23.1 Å². The zero-order valence-corrected chi connectivity index (χ0v) is 26.4. The Labute approximate surface area is 265 Å². The van der Waals surface area contributed by atoms with Gasteiger partial charge in [0.15, 0.2) is 5.78 Å². The van der Waals surface area contributed by atoms with E-state index in [1.54, 1.807) is 31.4 Å². The number of halogens is 4. The number of carbonyl (C=O) groups excluding carboxylic acids is 1. The molecule has 234 valence electrons. The van der Waals surface area contributed by atoms with Gasteiger partial charge in [0.1, 0.15) is 23.9 Å². The SMILES string of the molecule is COc1ccc(OCc2cc(C3C(C#N)=C(N)N(c4ccc(Cl)cc4C(F)(F)F)C4=C3C(=O)CC(C)(C)C4)c(C)cc2C)cc1. The molecule has 2 aliphatic rings. The Hall–Kier alpha value is -4.42. The van der Waals surface area contributed by atoms with Crippen molar-refractivity contribution in [3.05, 3.63) is 110 Å². The Bertz CT molecular complexity index is 1790. The highest BCUT2D eigenvalue weighted by Crippen LogP contribution is 2.52. The Kier molecular flexibility index (Phi) is 8.41. The molecule has 0 spiro atoms. The molecular formula is C35H33ClF3N3O3. The zero-order valence-electron chi connectivity index (χ0n) is 25.6. The number of ketones is 1. The highest BCUT2D eigenvalue weighted by molar-refractivity contribution is 6.30. The fourth-order valence-corrected chi connectivity index (χ4v) is 6.41. The van der Waals surface area contributed by atoms with Gasteiger partial charge in [-0.25, -0.2) is 0 Å². The van der Waals surface area contributed by atoms with E-state index in [1.165, 1.54) is 17.0 Å². The molecule has 45 heavy (non-hydrogen) atoms. The average Bonchev–Trinajstić information content (AvgIpc) is 2.96. The van der Waals surface area contributed by atoms with E-state index in [9.17, 15) is 23.2 Å². The summed E-state index contributed by atoms with van der Waals surface area (Å²) >= 11 is 5.99. The lowest BCUT2D eigenvalue weighted by atomic mass is 9.68. The van der Waals surface area contributed by atoms with Crippen LogP contribution in [0.2, 0.25) is 5.02 Å². The third-order valence-corrected chi connectivity index (χ3v) is 8.61. The fraction of sp³-hybridized carbons (Fsp3) is 0.314. The summed E-state index contributed by atoms with van der Waals surface area (Å²) < 4.78 is 54.3. The molecule has 10 heteroatoms. The minimum atomic E-state index is -4.77. The summed E-state index contributed by atoms with van der Waals surface area (Å²) in [5.74, 6) is 0.0595. The number of nitrogens with zero attached hydrogens (tertiary/aromatic N) is 2. The Balaban J connectivity index is 1.68. The van der Waals surface area contributed by atoms with Crippen LogP contribution in [0.25, 0.3) is 0 Å². The number of anilines is 1. The van der Waals surface area contributed by atoms with Gasteiger partial charge in [-0.05, 0) is 90.4 Å². The van der Waals surface area contributed by atoms with Gasteiger partial charge >= 0.3 is 6.18 Å². The molecule has 1 atom stereocenters. The van der Waals surface area contributed by atoms with Gasteiger partial charge in [-0.15, -0.1) is 0 Å². The van der Waals surface area contributed by atoms with E-state index in [2.05, 4.69) is 6.07 Å². The minimum absolute atomic E-state index is 0.00106. The predicted octanol–water partition coefficient (Wildman–Crippen LogP) is 8.50. The molecule has 1 heterocycles. The second-order valence-corrected chi connectivity index (χ2v) is 12.7. The molecule has 0 saturated carbocycles. The number of carbonyl (C=O) groups is 1. The molecule has 0 aromatic heterocycles. The van der Waals surface area contributed by atoms with Crippen LogP contribution in [0.15, 0.2) is 77.3 Å². The lowest BCUT2D eigenvalue weighted by molar-refractivity contribution is -0.137. The van der Waals surface area contributed by atoms with Gasteiger partial charge in [0.05, 0.1) is 35.9 Å². The van der Waals surface area contributed by atoms with Crippen LogP contribution < -0.4 is 20.1 Å². The summed E-state index contributed by atoms with van der Waals surface area (Å²) in [7, 11) is 1.58. The Morgan fingerprint density at radius 1 is 1.04 bits per heavy atom. The van der Waals surface area contributed by atoms with E-state index in [1.807, 2.05) is 39.8 Å². The number of nitrogens with two attached hydrogens (primary N) is 1. The average molecular weight is 636 g/mol. The van der Waals surface area contributed by atoms with Gasteiger partial charge in [-0.2, -0.15) is 18.4 Å². The number of nitriles is 1. The molecule has 2 N–H and O–H groups in total. The van der Waals surface area contributed by atoms with Crippen LogP contribution >= 0.6 is 11.6 Å². The minimum Gasteiger partial charge on any atom is -0.497 e. The van der Waals surface area contributed by atoms with Crippen molar-refractivity contribution < 1.29 is 27.4 Å². The highest BCUT2D eigenvalue weighted by Gasteiger charge is 2.47. The van der Waals surface area contributed by atoms with Crippen molar-refractivity contribution in [3.8, 4) is 17.6 Å². The molecule has 0 fully saturated rings. The van der Waals surface area contributed by atoms with E-state index >= 15 is 0 Å². The smallest absolute Gasteiger partial charge is 0.418 e. The quantitative estimate of drug-likeness (QED) is 0.292. The van der Waals surface area contributed by atoms with E-state index in [0.717, 1.165) is 22.8 Å². The van der Waals surface area contributed by atoms with Crippen LogP contribution in [0, 0.1) is 30.6 Å². The zero-order chi connectivity index (χ0) is 32.8. The van der Waals surface area contributed by atoms with Crippen molar-refractivity contribution in [2.24, 2.45) is 11.1 Å². The normalized spacial score (nSPS) is 18.1.